The summed E-state index contributed by atoms with van der Waals surface area (Å²) in [4.78, 5) is 14.6. The smallest absolute Gasteiger partial charge is 0.272 e. The van der Waals surface area contributed by atoms with Crippen molar-refractivity contribution in [1.82, 2.24) is 14.7 Å². The van der Waals surface area contributed by atoms with Crippen molar-refractivity contribution >= 4 is 17.5 Å². The highest BCUT2D eigenvalue weighted by Crippen LogP contribution is 2.25. The molecule has 0 aliphatic carbocycles. The monoisotopic (exact) mass is 297 g/mol. The quantitative estimate of drug-likeness (QED) is 0.802. The van der Waals surface area contributed by atoms with Crippen molar-refractivity contribution in [3.05, 3.63) is 17.5 Å². The summed E-state index contributed by atoms with van der Waals surface area (Å²) >= 11 is 6.15. The molecule has 0 N–H and O–H groups in total. The van der Waals surface area contributed by atoms with Crippen LogP contribution in [0.4, 0.5) is 0 Å². The van der Waals surface area contributed by atoms with Crippen molar-refractivity contribution in [3.63, 3.8) is 0 Å². The topological polar surface area (TPSA) is 38.1 Å². The molecule has 1 fully saturated rings. The first-order valence-electron chi connectivity index (χ1n) is 7.56. The highest BCUT2D eigenvalue weighted by molar-refractivity contribution is 6.20. The van der Waals surface area contributed by atoms with E-state index in [9.17, 15) is 4.79 Å². The lowest BCUT2D eigenvalue weighted by Gasteiger charge is -2.33. The van der Waals surface area contributed by atoms with E-state index in [1.54, 1.807) is 0 Å². The fourth-order valence-electron chi connectivity index (χ4n) is 2.78. The van der Waals surface area contributed by atoms with Crippen LogP contribution in [-0.4, -0.2) is 39.1 Å². The van der Waals surface area contributed by atoms with E-state index in [2.05, 4.69) is 12.0 Å². The van der Waals surface area contributed by atoms with Gasteiger partial charge >= 0.3 is 0 Å². The molecule has 1 aromatic heterocycles. The Balaban J connectivity index is 2.07. The number of piperidine rings is 1. The van der Waals surface area contributed by atoms with Crippen LogP contribution in [0.25, 0.3) is 0 Å². The van der Waals surface area contributed by atoms with Crippen molar-refractivity contribution in [2.75, 3.05) is 13.1 Å². The molecule has 1 saturated heterocycles. The van der Waals surface area contributed by atoms with Crippen molar-refractivity contribution < 1.29 is 4.79 Å². The Morgan fingerprint density at radius 2 is 2.10 bits per heavy atom. The van der Waals surface area contributed by atoms with Gasteiger partial charge in [-0.05, 0) is 45.1 Å². The third-order valence-corrected chi connectivity index (χ3v) is 4.54. The number of alkyl halides is 1. The number of hydrogen-bond donors (Lipinski definition) is 0. The lowest BCUT2D eigenvalue weighted by atomic mass is 9.94. The molecule has 1 amide bonds. The zero-order valence-electron chi connectivity index (χ0n) is 12.6. The van der Waals surface area contributed by atoms with Gasteiger partial charge in [-0.3, -0.25) is 9.48 Å². The molecule has 2 heterocycles. The average molecular weight is 298 g/mol. The van der Waals surface area contributed by atoms with Crippen LogP contribution >= 0.6 is 11.6 Å². The Morgan fingerprint density at radius 3 is 2.60 bits per heavy atom. The molecule has 1 atom stereocenters. The maximum absolute atomic E-state index is 12.6. The number of amides is 1. The van der Waals surface area contributed by atoms with E-state index in [1.165, 1.54) is 0 Å². The predicted molar refractivity (Wildman–Crippen MR) is 81.2 cm³/mol. The highest BCUT2D eigenvalue weighted by atomic mass is 35.5. The minimum Gasteiger partial charge on any atom is -0.337 e. The second-order valence-electron chi connectivity index (χ2n) is 5.50. The van der Waals surface area contributed by atoms with Gasteiger partial charge in [0.25, 0.3) is 5.91 Å². The fraction of sp³-hybridized carbons (Fsp3) is 0.733. The Hall–Kier alpha value is -1.03. The molecule has 5 heteroatoms. The molecule has 1 unspecified atom stereocenters. The summed E-state index contributed by atoms with van der Waals surface area (Å²) in [6.45, 7) is 8.46. The Morgan fingerprint density at radius 1 is 1.45 bits per heavy atom. The van der Waals surface area contributed by atoms with Crippen LogP contribution in [0.1, 0.15) is 49.8 Å². The second kappa shape index (κ2) is 6.61. The molecular weight excluding hydrogens is 274 g/mol. The third-order valence-electron chi connectivity index (χ3n) is 4.19. The van der Waals surface area contributed by atoms with Crippen LogP contribution < -0.4 is 0 Å². The van der Waals surface area contributed by atoms with Gasteiger partial charge in [0.05, 0.1) is 5.69 Å². The number of carbonyl (C=O) groups is 1. The van der Waals surface area contributed by atoms with Crippen LogP contribution in [0.5, 0.6) is 0 Å². The highest BCUT2D eigenvalue weighted by Gasteiger charge is 2.27. The Kier molecular flexibility index (Phi) is 5.08. The second-order valence-corrected chi connectivity index (χ2v) is 6.19. The molecule has 0 spiro atoms. The minimum absolute atomic E-state index is 0.111. The summed E-state index contributed by atoms with van der Waals surface area (Å²) in [5.41, 5.74) is 1.71. The Labute approximate surface area is 126 Å². The van der Waals surface area contributed by atoms with Crippen LogP contribution in [-0.2, 0) is 13.0 Å². The first-order valence-corrected chi connectivity index (χ1v) is 8.00. The minimum atomic E-state index is 0.111. The first-order chi connectivity index (χ1) is 9.56. The molecule has 0 bridgehead atoms. The third kappa shape index (κ3) is 3.17. The number of aromatic nitrogens is 2. The van der Waals surface area contributed by atoms with Gasteiger partial charge in [0.15, 0.2) is 0 Å². The molecule has 0 aromatic carbocycles. The van der Waals surface area contributed by atoms with Crippen LogP contribution in [0.2, 0.25) is 0 Å². The summed E-state index contributed by atoms with van der Waals surface area (Å²) in [6.07, 6.45) is 2.85. The summed E-state index contributed by atoms with van der Waals surface area (Å²) < 4.78 is 1.82. The van der Waals surface area contributed by atoms with Gasteiger partial charge in [-0.25, -0.2) is 0 Å². The molecule has 1 aliphatic heterocycles. The zero-order valence-corrected chi connectivity index (χ0v) is 13.4. The van der Waals surface area contributed by atoms with Gasteiger partial charge in [0, 0.05) is 25.0 Å². The average Bonchev–Trinajstić information content (AvgIpc) is 2.90. The number of carbonyl (C=O) groups excluding carboxylic acids is 1. The van der Waals surface area contributed by atoms with Crippen LogP contribution in [0.3, 0.4) is 0 Å². The fourth-order valence-corrected chi connectivity index (χ4v) is 3.03. The molecule has 0 radical (unpaired) electrons. The van der Waals surface area contributed by atoms with Crippen molar-refractivity contribution in [2.45, 2.75) is 52.0 Å². The maximum Gasteiger partial charge on any atom is 0.272 e. The number of halogens is 1. The van der Waals surface area contributed by atoms with E-state index < -0.39 is 0 Å². The molecule has 2 rings (SSSR count). The SMILES string of the molecule is CCc1cc(C(=O)N2CCC(C(C)Cl)CC2)n(CC)n1. The summed E-state index contributed by atoms with van der Waals surface area (Å²) in [5, 5.41) is 4.65. The van der Waals surface area contributed by atoms with E-state index in [-0.39, 0.29) is 11.3 Å². The van der Waals surface area contributed by atoms with Gasteiger partial charge < -0.3 is 4.90 Å². The number of hydrogen-bond acceptors (Lipinski definition) is 2. The molecule has 1 aromatic rings. The maximum atomic E-state index is 12.6. The lowest BCUT2D eigenvalue weighted by molar-refractivity contribution is 0.0677. The van der Waals surface area contributed by atoms with Crippen molar-refractivity contribution in [3.8, 4) is 0 Å². The number of likely N-dealkylation sites (tertiary alicyclic amines) is 1. The largest absolute Gasteiger partial charge is 0.337 e. The van der Waals surface area contributed by atoms with E-state index in [0.717, 1.165) is 50.3 Å². The Bertz CT molecular complexity index is 462. The number of aryl methyl sites for hydroxylation is 2. The van der Waals surface area contributed by atoms with Crippen LogP contribution in [0.15, 0.2) is 6.07 Å². The van der Waals surface area contributed by atoms with Gasteiger partial charge in [0.1, 0.15) is 5.69 Å². The lowest BCUT2D eigenvalue weighted by Crippen LogP contribution is -2.40. The first kappa shape index (κ1) is 15.4. The summed E-state index contributed by atoms with van der Waals surface area (Å²) in [5.74, 6) is 0.641. The van der Waals surface area contributed by atoms with Crippen molar-refractivity contribution in [2.24, 2.45) is 5.92 Å². The van der Waals surface area contributed by atoms with Gasteiger partial charge in [-0.2, -0.15) is 5.10 Å². The van der Waals surface area contributed by atoms with Crippen LogP contribution in [0, 0.1) is 5.92 Å². The molecule has 1 aliphatic rings. The van der Waals surface area contributed by atoms with Crippen molar-refractivity contribution in [1.29, 1.82) is 0 Å². The molecular formula is C15H24ClN3O. The van der Waals surface area contributed by atoms with E-state index in [4.69, 9.17) is 11.6 Å². The normalized spacial score (nSPS) is 18.3. The van der Waals surface area contributed by atoms with Gasteiger partial charge in [-0.15, -0.1) is 11.6 Å². The number of rotatable bonds is 4. The van der Waals surface area contributed by atoms with Gasteiger partial charge in [-0.1, -0.05) is 6.92 Å². The standard InChI is InChI=1S/C15H24ClN3O/c1-4-13-10-14(19(5-2)17-13)15(20)18-8-6-12(7-9-18)11(3)16/h10-12H,4-9H2,1-3H3. The van der Waals surface area contributed by atoms with Gasteiger partial charge in [0.2, 0.25) is 0 Å². The molecule has 4 nitrogen and oxygen atoms in total. The zero-order chi connectivity index (χ0) is 14.7. The van der Waals surface area contributed by atoms with E-state index >= 15 is 0 Å². The summed E-state index contributed by atoms with van der Waals surface area (Å²) in [7, 11) is 0. The van der Waals surface area contributed by atoms with E-state index in [0.29, 0.717) is 5.92 Å². The summed E-state index contributed by atoms with van der Waals surface area (Å²) in [6, 6.07) is 1.93. The molecule has 0 saturated carbocycles. The molecule has 20 heavy (non-hydrogen) atoms. The molecule has 112 valence electrons. The number of nitrogens with zero attached hydrogens (tertiary/aromatic N) is 3. The predicted octanol–water partition coefficient (Wildman–Crippen LogP) is 2.94. The van der Waals surface area contributed by atoms with E-state index in [1.807, 2.05) is 29.5 Å².